The second kappa shape index (κ2) is 5.09. The van der Waals surface area contributed by atoms with Crippen LogP contribution in [0.4, 0.5) is 0 Å². The van der Waals surface area contributed by atoms with Crippen molar-refractivity contribution >= 4 is 0 Å². The van der Waals surface area contributed by atoms with Crippen LogP contribution in [0.25, 0.3) is 0 Å². The Morgan fingerprint density at radius 3 is 2.88 bits per heavy atom. The molecule has 2 N–H and O–H groups in total. The predicted octanol–water partition coefficient (Wildman–Crippen LogP) is 3.15. The van der Waals surface area contributed by atoms with E-state index >= 15 is 0 Å². The molecule has 1 heterocycles. The van der Waals surface area contributed by atoms with Gasteiger partial charge < -0.3 is 10.5 Å². The summed E-state index contributed by atoms with van der Waals surface area (Å²) < 4.78 is 5.77. The Bertz CT molecular complexity index is 375. The first-order chi connectivity index (χ1) is 8.09. The van der Waals surface area contributed by atoms with Crippen LogP contribution < -0.4 is 10.5 Å². The van der Waals surface area contributed by atoms with Gasteiger partial charge in [-0.2, -0.15) is 0 Å². The van der Waals surface area contributed by atoms with Crippen LogP contribution in [0.1, 0.15) is 38.7 Å². The molecule has 0 saturated carbocycles. The fourth-order valence-corrected chi connectivity index (χ4v) is 2.47. The van der Waals surface area contributed by atoms with Gasteiger partial charge in [-0.15, -0.1) is 0 Å². The van der Waals surface area contributed by atoms with E-state index in [1.165, 1.54) is 18.4 Å². The van der Waals surface area contributed by atoms with Crippen LogP contribution in [0.15, 0.2) is 24.3 Å². The Morgan fingerprint density at radius 2 is 2.12 bits per heavy atom. The van der Waals surface area contributed by atoms with Crippen molar-refractivity contribution in [2.45, 2.75) is 45.1 Å². The predicted molar refractivity (Wildman–Crippen MR) is 71.2 cm³/mol. The summed E-state index contributed by atoms with van der Waals surface area (Å²) in [6, 6.07) is 8.23. The molecule has 2 rings (SSSR count). The Hall–Kier alpha value is -1.02. The third-order valence-electron chi connectivity index (χ3n) is 3.49. The molecule has 2 heteroatoms. The SMILES string of the molecule is CC(C)CCCC1(N)COc2ccccc2C1. The molecule has 0 spiro atoms. The van der Waals surface area contributed by atoms with Crippen LogP contribution >= 0.6 is 0 Å². The van der Waals surface area contributed by atoms with Gasteiger partial charge in [0.1, 0.15) is 12.4 Å². The van der Waals surface area contributed by atoms with E-state index in [0.29, 0.717) is 6.61 Å². The van der Waals surface area contributed by atoms with Crippen LogP contribution in [0.2, 0.25) is 0 Å². The molecule has 0 amide bonds. The molecule has 1 aromatic rings. The van der Waals surface area contributed by atoms with Crippen LogP contribution in [-0.2, 0) is 6.42 Å². The fourth-order valence-electron chi connectivity index (χ4n) is 2.47. The van der Waals surface area contributed by atoms with Gasteiger partial charge in [-0.3, -0.25) is 0 Å². The highest BCUT2D eigenvalue weighted by Gasteiger charge is 2.31. The number of hydrogen-bond acceptors (Lipinski definition) is 2. The molecule has 2 nitrogen and oxygen atoms in total. The van der Waals surface area contributed by atoms with Gasteiger partial charge >= 0.3 is 0 Å². The molecule has 0 aliphatic carbocycles. The number of para-hydroxylation sites is 1. The van der Waals surface area contributed by atoms with E-state index in [1.807, 2.05) is 12.1 Å². The summed E-state index contributed by atoms with van der Waals surface area (Å²) in [6.07, 6.45) is 4.45. The third-order valence-corrected chi connectivity index (χ3v) is 3.49. The van der Waals surface area contributed by atoms with Crippen molar-refractivity contribution in [2.75, 3.05) is 6.61 Å². The molecule has 1 unspecified atom stereocenters. The molecule has 1 aromatic carbocycles. The van der Waals surface area contributed by atoms with Gasteiger partial charge in [-0.05, 0) is 30.4 Å². The minimum atomic E-state index is -0.163. The molecule has 94 valence electrons. The van der Waals surface area contributed by atoms with Crippen molar-refractivity contribution in [3.8, 4) is 5.75 Å². The number of ether oxygens (including phenoxy) is 1. The topological polar surface area (TPSA) is 35.2 Å². The third kappa shape index (κ3) is 3.22. The van der Waals surface area contributed by atoms with Crippen LogP contribution in [0, 0.1) is 5.92 Å². The largest absolute Gasteiger partial charge is 0.491 e. The van der Waals surface area contributed by atoms with Gasteiger partial charge in [0.25, 0.3) is 0 Å². The average molecular weight is 233 g/mol. The quantitative estimate of drug-likeness (QED) is 0.867. The Morgan fingerprint density at radius 1 is 1.35 bits per heavy atom. The van der Waals surface area contributed by atoms with E-state index in [1.54, 1.807) is 0 Å². The smallest absolute Gasteiger partial charge is 0.122 e. The zero-order valence-electron chi connectivity index (χ0n) is 10.9. The summed E-state index contributed by atoms with van der Waals surface area (Å²) in [5.74, 6) is 1.77. The second-order valence-corrected chi connectivity index (χ2v) is 5.72. The fraction of sp³-hybridized carbons (Fsp3) is 0.600. The lowest BCUT2D eigenvalue weighted by Gasteiger charge is -2.35. The lowest BCUT2D eigenvalue weighted by atomic mass is 9.84. The van der Waals surface area contributed by atoms with Crippen molar-refractivity contribution in [3.63, 3.8) is 0 Å². The van der Waals surface area contributed by atoms with Crippen LogP contribution in [0.3, 0.4) is 0 Å². The number of rotatable bonds is 4. The summed E-state index contributed by atoms with van der Waals surface area (Å²) >= 11 is 0. The molecule has 0 bridgehead atoms. The number of nitrogens with two attached hydrogens (primary N) is 1. The minimum absolute atomic E-state index is 0.163. The maximum Gasteiger partial charge on any atom is 0.122 e. The summed E-state index contributed by atoms with van der Waals surface area (Å²) in [4.78, 5) is 0. The lowest BCUT2D eigenvalue weighted by Crippen LogP contribution is -2.49. The molecular weight excluding hydrogens is 210 g/mol. The van der Waals surface area contributed by atoms with Crippen molar-refractivity contribution in [2.24, 2.45) is 11.7 Å². The van der Waals surface area contributed by atoms with Crippen molar-refractivity contribution in [1.29, 1.82) is 0 Å². The molecule has 0 aromatic heterocycles. The van der Waals surface area contributed by atoms with E-state index in [2.05, 4.69) is 26.0 Å². The highest BCUT2D eigenvalue weighted by molar-refractivity contribution is 5.36. The molecule has 0 saturated heterocycles. The first kappa shape index (κ1) is 12.4. The zero-order chi connectivity index (χ0) is 12.3. The van der Waals surface area contributed by atoms with Crippen molar-refractivity contribution < 1.29 is 4.74 Å². The number of hydrogen-bond donors (Lipinski definition) is 1. The van der Waals surface area contributed by atoms with E-state index in [-0.39, 0.29) is 5.54 Å². The maximum atomic E-state index is 6.44. The molecule has 17 heavy (non-hydrogen) atoms. The van der Waals surface area contributed by atoms with Crippen molar-refractivity contribution in [1.82, 2.24) is 0 Å². The summed E-state index contributed by atoms with van der Waals surface area (Å²) in [5, 5.41) is 0. The molecule has 1 aliphatic rings. The van der Waals surface area contributed by atoms with Gasteiger partial charge in [0, 0.05) is 0 Å². The minimum Gasteiger partial charge on any atom is -0.491 e. The summed E-state index contributed by atoms with van der Waals surface area (Å²) in [6.45, 7) is 5.17. The standard InChI is InChI=1S/C15H23NO/c1-12(2)6-5-9-15(16)10-13-7-3-4-8-14(13)17-11-15/h3-4,7-8,12H,5-6,9-11,16H2,1-2H3. The van der Waals surface area contributed by atoms with E-state index < -0.39 is 0 Å². The summed E-state index contributed by atoms with van der Waals surface area (Å²) in [5.41, 5.74) is 7.53. The number of fused-ring (bicyclic) bond motifs is 1. The Balaban J connectivity index is 1.95. The van der Waals surface area contributed by atoms with E-state index in [0.717, 1.165) is 24.5 Å². The maximum absolute atomic E-state index is 6.44. The van der Waals surface area contributed by atoms with Crippen LogP contribution in [-0.4, -0.2) is 12.1 Å². The highest BCUT2D eigenvalue weighted by Crippen LogP contribution is 2.30. The average Bonchev–Trinajstić information content (AvgIpc) is 2.28. The highest BCUT2D eigenvalue weighted by atomic mass is 16.5. The molecule has 1 atom stereocenters. The summed E-state index contributed by atoms with van der Waals surface area (Å²) in [7, 11) is 0. The van der Waals surface area contributed by atoms with E-state index in [4.69, 9.17) is 10.5 Å². The first-order valence-electron chi connectivity index (χ1n) is 6.59. The van der Waals surface area contributed by atoms with Crippen LogP contribution in [0.5, 0.6) is 5.75 Å². The second-order valence-electron chi connectivity index (χ2n) is 5.72. The molecule has 0 fully saturated rings. The van der Waals surface area contributed by atoms with Crippen molar-refractivity contribution in [3.05, 3.63) is 29.8 Å². The van der Waals surface area contributed by atoms with Gasteiger partial charge in [0.05, 0.1) is 5.54 Å². The van der Waals surface area contributed by atoms with Gasteiger partial charge in [-0.25, -0.2) is 0 Å². The Kier molecular flexibility index (Phi) is 3.72. The Labute approximate surface area is 104 Å². The normalized spacial score (nSPS) is 23.3. The van der Waals surface area contributed by atoms with Gasteiger partial charge in [0.15, 0.2) is 0 Å². The number of benzene rings is 1. The molecule has 0 radical (unpaired) electrons. The molecule has 1 aliphatic heterocycles. The first-order valence-corrected chi connectivity index (χ1v) is 6.59. The van der Waals surface area contributed by atoms with E-state index in [9.17, 15) is 0 Å². The monoisotopic (exact) mass is 233 g/mol. The molecular formula is C15H23NO. The van der Waals surface area contributed by atoms with Gasteiger partial charge in [0.2, 0.25) is 0 Å². The lowest BCUT2D eigenvalue weighted by molar-refractivity contribution is 0.177. The zero-order valence-corrected chi connectivity index (χ0v) is 10.9. The van der Waals surface area contributed by atoms with Gasteiger partial charge in [-0.1, -0.05) is 44.9 Å².